The molecule has 148 valence electrons. The molecule has 7 nitrogen and oxygen atoms in total. The maximum absolute atomic E-state index is 13.1. The number of aromatic nitrogens is 1. The van der Waals surface area contributed by atoms with Crippen molar-refractivity contribution in [2.24, 2.45) is 0 Å². The number of hydrogen-bond donors (Lipinski definition) is 2. The molecule has 3 rings (SSSR count). The van der Waals surface area contributed by atoms with E-state index in [1.807, 2.05) is 45.9 Å². The summed E-state index contributed by atoms with van der Waals surface area (Å²) in [5.41, 5.74) is 2.33. The first kappa shape index (κ1) is 20.0. The lowest BCUT2D eigenvalue weighted by Gasteiger charge is -2.25. The summed E-state index contributed by atoms with van der Waals surface area (Å²) < 4.78 is 0. The van der Waals surface area contributed by atoms with Crippen molar-refractivity contribution in [1.82, 2.24) is 20.7 Å². The largest absolute Gasteiger partial charge is 0.344 e. The number of nitrogens with zero attached hydrogens (tertiary/aromatic N) is 2. The molecule has 2 aromatic rings. The average molecular weight is 401 g/mol. The van der Waals surface area contributed by atoms with E-state index in [0.29, 0.717) is 22.6 Å². The topological polar surface area (TPSA) is 91.4 Å². The fourth-order valence-corrected chi connectivity index (χ4v) is 4.13. The van der Waals surface area contributed by atoms with E-state index < -0.39 is 23.4 Å². The Morgan fingerprint density at radius 2 is 1.89 bits per heavy atom. The third-order valence-electron chi connectivity index (χ3n) is 4.75. The van der Waals surface area contributed by atoms with Gasteiger partial charge in [-0.3, -0.25) is 15.0 Å². The number of hydrogen-bond acceptors (Lipinski definition) is 5. The number of urea groups is 1. The Labute approximate surface area is 168 Å². The summed E-state index contributed by atoms with van der Waals surface area (Å²) in [6.45, 7) is 9.60. The lowest BCUT2D eigenvalue weighted by Crippen LogP contribution is -2.48. The van der Waals surface area contributed by atoms with Gasteiger partial charge in [0.15, 0.2) is 0 Å². The van der Waals surface area contributed by atoms with E-state index >= 15 is 0 Å². The highest BCUT2D eigenvalue weighted by molar-refractivity contribution is 7.14. The summed E-state index contributed by atoms with van der Waals surface area (Å²) in [6.07, 6.45) is 0.363. The normalized spacial score (nSPS) is 19.7. The van der Waals surface area contributed by atoms with Gasteiger partial charge in [-0.05, 0) is 18.9 Å². The minimum Gasteiger partial charge on any atom is -0.318 e. The first-order valence-electron chi connectivity index (χ1n) is 9.11. The number of nitrogens with one attached hydrogen (secondary N) is 2. The fraction of sp³-hybridized carbons (Fsp3) is 0.400. The number of thiazole rings is 1. The summed E-state index contributed by atoms with van der Waals surface area (Å²) in [6, 6.07) is 8.38. The van der Waals surface area contributed by atoms with Gasteiger partial charge in [-0.15, -0.1) is 11.3 Å². The van der Waals surface area contributed by atoms with Crippen molar-refractivity contribution in [2.45, 2.75) is 52.0 Å². The highest BCUT2D eigenvalue weighted by Crippen LogP contribution is 2.32. The number of amides is 4. The van der Waals surface area contributed by atoms with Crippen LogP contribution in [-0.4, -0.2) is 27.8 Å². The molecule has 1 aromatic heterocycles. The number of benzene rings is 1. The predicted molar refractivity (Wildman–Crippen MR) is 107 cm³/mol. The Morgan fingerprint density at radius 1 is 1.25 bits per heavy atom. The molecule has 0 bridgehead atoms. The van der Waals surface area contributed by atoms with Crippen LogP contribution in [0, 0.1) is 6.92 Å². The van der Waals surface area contributed by atoms with E-state index in [-0.39, 0.29) is 5.41 Å². The van der Waals surface area contributed by atoms with Crippen LogP contribution in [0.3, 0.4) is 0 Å². The lowest BCUT2D eigenvalue weighted by atomic mass is 9.87. The number of carbonyl (C=O) groups excluding carboxylic acids is 3. The molecule has 1 aliphatic heterocycles. The molecule has 0 spiro atoms. The predicted octanol–water partition coefficient (Wildman–Crippen LogP) is 3.25. The van der Waals surface area contributed by atoms with Gasteiger partial charge in [-0.25, -0.2) is 9.78 Å². The fourth-order valence-electron chi connectivity index (χ4n) is 3.12. The zero-order chi connectivity index (χ0) is 20.7. The van der Waals surface area contributed by atoms with Gasteiger partial charge in [0.05, 0.1) is 10.7 Å². The summed E-state index contributed by atoms with van der Waals surface area (Å²) in [5.74, 6) is -1.02. The molecule has 28 heavy (non-hydrogen) atoms. The van der Waals surface area contributed by atoms with E-state index in [1.165, 1.54) is 11.3 Å². The van der Waals surface area contributed by atoms with E-state index in [1.54, 1.807) is 19.1 Å². The third kappa shape index (κ3) is 3.28. The van der Waals surface area contributed by atoms with Crippen molar-refractivity contribution in [3.05, 3.63) is 51.5 Å². The van der Waals surface area contributed by atoms with E-state index in [9.17, 15) is 14.4 Å². The number of hydrazine groups is 1. The van der Waals surface area contributed by atoms with Gasteiger partial charge in [0.2, 0.25) is 0 Å². The maximum atomic E-state index is 13.1. The number of aryl methyl sites for hydroxylation is 1. The third-order valence-corrected chi connectivity index (χ3v) is 6.33. The monoisotopic (exact) mass is 400 g/mol. The molecule has 0 aliphatic carbocycles. The molecule has 1 atom stereocenters. The first-order valence-corrected chi connectivity index (χ1v) is 9.93. The zero-order valence-electron chi connectivity index (χ0n) is 16.6. The van der Waals surface area contributed by atoms with Crippen molar-refractivity contribution >= 4 is 29.2 Å². The van der Waals surface area contributed by atoms with Gasteiger partial charge in [0.25, 0.3) is 11.8 Å². The van der Waals surface area contributed by atoms with Crippen molar-refractivity contribution in [3.63, 3.8) is 0 Å². The van der Waals surface area contributed by atoms with Crippen LogP contribution in [0.5, 0.6) is 0 Å². The minimum atomic E-state index is -1.19. The standard InChI is InChI=1S/C20H24N4O3S/c1-6-20(13-10-8-7-9-11-13)17(26)24(18(27)22-20)23-15(25)14-12(2)21-16(28-14)19(3,4)5/h7-11H,6H2,1-5H3,(H,22,27)(H,23,25)/t20-/m0/s1. The number of imide groups is 1. The van der Waals surface area contributed by atoms with Crippen LogP contribution >= 0.6 is 11.3 Å². The number of rotatable bonds is 4. The molecule has 1 aliphatic rings. The van der Waals surface area contributed by atoms with Crippen LogP contribution in [0.25, 0.3) is 0 Å². The minimum absolute atomic E-state index is 0.195. The molecule has 1 aromatic carbocycles. The Bertz CT molecular complexity index is 933. The van der Waals surface area contributed by atoms with E-state index in [2.05, 4.69) is 15.7 Å². The first-order chi connectivity index (χ1) is 13.1. The average Bonchev–Trinajstić information content (AvgIpc) is 3.16. The molecule has 0 radical (unpaired) electrons. The molecule has 4 amide bonds. The highest BCUT2D eigenvalue weighted by Gasteiger charge is 2.52. The Morgan fingerprint density at radius 3 is 2.43 bits per heavy atom. The zero-order valence-corrected chi connectivity index (χ0v) is 17.4. The van der Waals surface area contributed by atoms with Gasteiger partial charge in [0.1, 0.15) is 10.4 Å². The molecule has 8 heteroatoms. The van der Waals surface area contributed by atoms with Crippen LogP contribution < -0.4 is 10.7 Å². The van der Waals surface area contributed by atoms with Crippen LogP contribution in [0.2, 0.25) is 0 Å². The Kier molecular flexibility index (Phi) is 5.01. The summed E-state index contributed by atoms with van der Waals surface area (Å²) >= 11 is 1.27. The molecule has 0 saturated carbocycles. The lowest BCUT2D eigenvalue weighted by molar-refractivity contribution is -0.133. The van der Waals surface area contributed by atoms with Gasteiger partial charge in [-0.1, -0.05) is 58.0 Å². The molecular weight excluding hydrogens is 376 g/mol. The second-order valence-electron chi connectivity index (χ2n) is 7.82. The van der Waals surface area contributed by atoms with Crippen molar-refractivity contribution in [2.75, 3.05) is 0 Å². The Balaban J connectivity index is 1.87. The molecule has 2 N–H and O–H groups in total. The van der Waals surface area contributed by atoms with Gasteiger partial charge in [-0.2, -0.15) is 5.01 Å². The smallest absolute Gasteiger partial charge is 0.318 e. The van der Waals surface area contributed by atoms with E-state index in [0.717, 1.165) is 10.0 Å². The number of carbonyl (C=O) groups is 3. The molecule has 1 fully saturated rings. The Hall–Kier alpha value is -2.74. The van der Waals surface area contributed by atoms with Crippen molar-refractivity contribution in [1.29, 1.82) is 0 Å². The van der Waals surface area contributed by atoms with Crippen molar-refractivity contribution < 1.29 is 14.4 Å². The SMILES string of the molecule is CC[C@@]1(c2ccccc2)NC(=O)N(NC(=O)c2sc(C(C)(C)C)nc2C)C1=O. The van der Waals surface area contributed by atoms with Gasteiger partial charge >= 0.3 is 6.03 Å². The molecular formula is C20H24N4O3S. The van der Waals surface area contributed by atoms with E-state index in [4.69, 9.17) is 0 Å². The van der Waals surface area contributed by atoms with Crippen molar-refractivity contribution in [3.8, 4) is 0 Å². The summed E-state index contributed by atoms with van der Waals surface area (Å²) in [5, 5.41) is 4.34. The molecule has 2 heterocycles. The summed E-state index contributed by atoms with van der Waals surface area (Å²) in [4.78, 5) is 43.2. The second kappa shape index (κ2) is 7.01. The second-order valence-corrected chi connectivity index (χ2v) is 8.82. The summed E-state index contributed by atoms with van der Waals surface area (Å²) in [7, 11) is 0. The van der Waals surface area contributed by atoms with Gasteiger partial charge in [0, 0.05) is 5.41 Å². The van der Waals surface area contributed by atoms with Gasteiger partial charge < -0.3 is 5.32 Å². The molecule has 0 unspecified atom stereocenters. The van der Waals surface area contributed by atoms with Crippen LogP contribution in [-0.2, 0) is 15.7 Å². The molecule has 1 saturated heterocycles. The van der Waals surface area contributed by atoms with Crippen LogP contribution in [0.1, 0.15) is 60.1 Å². The van der Waals surface area contributed by atoms with Crippen LogP contribution in [0.4, 0.5) is 4.79 Å². The highest BCUT2D eigenvalue weighted by atomic mass is 32.1. The quantitative estimate of drug-likeness (QED) is 0.771. The van der Waals surface area contributed by atoms with Crippen LogP contribution in [0.15, 0.2) is 30.3 Å². The maximum Gasteiger partial charge on any atom is 0.344 e.